The predicted octanol–water partition coefficient (Wildman–Crippen LogP) is 3.29. The van der Waals surface area contributed by atoms with Gasteiger partial charge in [0.2, 0.25) is 0 Å². The first-order valence-corrected chi connectivity index (χ1v) is 4.53. The standard InChI is InChI=1S/C8H10Cl2/c9-7-5-6-1-3-8(7,10)4-2-6/h5-6H,1-4H2. The Morgan fingerprint density at radius 3 is 2.30 bits per heavy atom. The van der Waals surface area contributed by atoms with E-state index in [-0.39, 0.29) is 4.87 Å². The predicted molar refractivity (Wildman–Crippen MR) is 44.5 cm³/mol. The van der Waals surface area contributed by atoms with Crippen LogP contribution in [0.25, 0.3) is 0 Å². The molecule has 3 aliphatic carbocycles. The molecule has 2 heteroatoms. The van der Waals surface area contributed by atoms with Gasteiger partial charge in [0.05, 0.1) is 4.87 Å². The minimum atomic E-state index is -0.156. The summed E-state index contributed by atoms with van der Waals surface area (Å²) < 4.78 is 0. The highest BCUT2D eigenvalue weighted by atomic mass is 35.5. The van der Waals surface area contributed by atoms with Crippen molar-refractivity contribution in [2.75, 3.05) is 0 Å². The Morgan fingerprint density at radius 1 is 1.40 bits per heavy atom. The summed E-state index contributed by atoms with van der Waals surface area (Å²) in [5, 5.41) is 0.900. The largest absolute Gasteiger partial charge is 0.113 e. The van der Waals surface area contributed by atoms with Crippen LogP contribution in [-0.4, -0.2) is 4.87 Å². The summed E-state index contributed by atoms with van der Waals surface area (Å²) >= 11 is 12.2. The molecule has 0 nitrogen and oxygen atoms in total. The van der Waals surface area contributed by atoms with Gasteiger partial charge in [0, 0.05) is 5.03 Å². The van der Waals surface area contributed by atoms with Gasteiger partial charge in [0.1, 0.15) is 0 Å². The first-order valence-electron chi connectivity index (χ1n) is 3.77. The van der Waals surface area contributed by atoms with E-state index in [4.69, 9.17) is 23.2 Å². The molecule has 1 saturated carbocycles. The third-order valence-corrected chi connectivity index (χ3v) is 3.80. The molecule has 0 aromatic heterocycles. The molecule has 56 valence electrons. The van der Waals surface area contributed by atoms with Crippen LogP contribution in [0.1, 0.15) is 25.7 Å². The molecule has 0 unspecified atom stereocenters. The third kappa shape index (κ3) is 0.895. The second-order valence-electron chi connectivity index (χ2n) is 3.32. The Kier molecular flexibility index (Phi) is 1.50. The van der Waals surface area contributed by atoms with Gasteiger partial charge >= 0.3 is 0 Å². The number of halogens is 2. The molecule has 1 fully saturated rings. The zero-order valence-electron chi connectivity index (χ0n) is 5.74. The van der Waals surface area contributed by atoms with E-state index in [1.54, 1.807) is 0 Å². The highest BCUT2D eigenvalue weighted by Gasteiger charge is 2.40. The van der Waals surface area contributed by atoms with Crippen molar-refractivity contribution < 1.29 is 0 Å². The fourth-order valence-electron chi connectivity index (χ4n) is 1.86. The Morgan fingerprint density at radius 2 is 2.00 bits per heavy atom. The lowest BCUT2D eigenvalue weighted by atomic mass is 9.75. The van der Waals surface area contributed by atoms with Gasteiger partial charge in [-0.15, -0.1) is 11.6 Å². The summed E-state index contributed by atoms with van der Waals surface area (Å²) in [6.07, 6.45) is 6.77. The van der Waals surface area contributed by atoms with Crippen molar-refractivity contribution in [3.05, 3.63) is 11.1 Å². The van der Waals surface area contributed by atoms with Crippen LogP contribution in [0, 0.1) is 5.92 Å². The molecule has 0 N–H and O–H groups in total. The number of allylic oxidation sites excluding steroid dienone is 2. The summed E-state index contributed by atoms with van der Waals surface area (Å²) in [7, 11) is 0. The number of rotatable bonds is 0. The summed E-state index contributed by atoms with van der Waals surface area (Å²) in [4.78, 5) is -0.156. The number of hydrogen-bond acceptors (Lipinski definition) is 0. The van der Waals surface area contributed by atoms with E-state index < -0.39 is 0 Å². The maximum Gasteiger partial charge on any atom is 0.0798 e. The molecule has 2 bridgehead atoms. The Balaban J connectivity index is 2.35. The molecule has 3 aliphatic rings. The molecule has 3 rings (SSSR count). The van der Waals surface area contributed by atoms with Crippen molar-refractivity contribution in [3.8, 4) is 0 Å². The summed E-state index contributed by atoms with van der Waals surface area (Å²) in [5.74, 6) is 0.730. The second kappa shape index (κ2) is 2.15. The van der Waals surface area contributed by atoms with Gasteiger partial charge < -0.3 is 0 Å². The van der Waals surface area contributed by atoms with Gasteiger partial charge in [-0.05, 0) is 31.6 Å². The molecule has 0 spiro atoms. The highest BCUT2D eigenvalue weighted by molar-refractivity contribution is 6.39. The SMILES string of the molecule is ClC1=CC2CCC1(Cl)CC2. The van der Waals surface area contributed by atoms with E-state index in [9.17, 15) is 0 Å². The van der Waals surface area contributed by atoms with E-state index in [1.807, 2.05) is 0 Å². The summed E-state index contributed by atoms with van der Waals surface area (Å²) in [6, 6.07) is 0. The van der Waals surface area contributed by atoms with Gasteiger partial charge in [-0.2, -0.15) is 0 Å². The molecule has 0 aromatic carbocycles. The normalized spacial score (nSPS) is 45.4. The molecular weight excluding hydrogens is 167 g/mol. The average molecular weight is 177 g/mol. The molecule has 0 atom stereocenters. The van der Waals surface area contributed by atoms with E-state index in [1.165, 1.54) is 12.8 Å². The van der Waals surface area contributed by atoms with Crippen LogP contribution in [0.5, 0.6) is 0 Å². The Labute approximate surface area is 71.2 Å². The second-order valence-corrected chi connectivity index (χ2v) is 4.45. The molecule has 0 radical (unpaired) electrons. The van der Waals surface area contributed by atoms with Gasteiger partial charge in [-0.25, -0.2) is 0 Å². The average Bonchev–Trinajstić information content (AvgIpc) is 1.92. The van der Waals surface area contributed by atoms with Crippen LogP contribution >= 0.6 is 23.2 Å². The molecule has 0 aromatic rings. The lowest BCUT2D eigenvalue weighted by Crippen LogP contribution is -2.33. The topological polar surface area (TPSA) is 0 Å². The minimum Gasteiger partial charge on any atom is -0.113 e. The van der Waals surface area contributed by atoms with E-state index in [2.05, 4.69) is 6.08 Å². The Bertz CT molecular complexity index is 176. The summed E-state index contributed by atoms with van der Waals surface area (Å²) in [6.45, 7) is 0. The van der Waals surface area contributed by atoms with Gasteiger partial charge in [0.15, 0.2) is 0 Å². The van der Waals surface area contributed by atoms with E-state index in [0.717, 1.165) is 23.8 Å². The zero-order chi connectivity index (χ0) is 7.19. The van der Waals surface area contributed by atoms with E-state index in [0.29, 0.717) is 0 Å². The van der Waals surface area contributed by atoms with Crippen molar-refractivity contribution in [1.82, 2.24) is 0 Å². The fourth-order valence-corrected chi connectivity index (χ4v) is 2.51. The van der Waals surface area contributed by atoms with Crippen LogP contribution in [0.2, 0.25) is 0 Å². The molecule has 0 amide bonds. The number of fused-ring (bicyclic) bond motifs is 2. The quantitative estimate of drug-likeness (QED) is 0.498. The molecule has 0 aliphatic heterocycles. The van der Waals surface area contributed by atoms with Crippen molar-refractivity contribution in [1.29, 1.82) is 0 Å². The van der Waals surface area contributed by atoms with Crippen LogP contribution in [0.4, 0.5) is 0 Å². The third-order valence-electron chi connectivity index (χ3n) is 2.63. The van der Waals surface area contributed by atoms with Crippen molar-refractivity contribution in [3.63, 3.8) is 0 Å². The first-order chi connectivity index (χ1) is 4.71. The maximum absolute atomic E-state index is 6.25. The van der Waals surface area contributed by atoms with Gasteiger partial charge in [-0.3, -0.25) is 0 Å². The zero-order valence-corrected chi connectivity index (χ0v) is 7.25. The van der Waals surface area contributed by atoms with Crippen molar-refractivity contribution >= 4 is 23.2 Å². The molecule has 0 heterocycles. The van der Waals surface area contributed by atoms with Crippen LogP contribution in [0.3, 0.4) is 0 Å². The summed E-state index contributed by atoms with van der Waals surface area (Å²) in [5.41, 5.74) is 0. The Hall–Kier alpha value is 0.320. The van der Waals surface area contributed by atoms with Crippen molar-refractivity contribution in [2.45, 2.75) is 30.6 Å². The minimum absolute atomic E-state index is 0.156. The number of hydrogen-bond donors (Lipinski definition) is 0. The molecular formula is C8H10Cl2. The monoisotopic (exact) mass is 176 g/mol. The molecule has 10 heavy (non-hydrogen) atoms. The first kappa shape index (κ1) is 7.00. The van der Waals surface area contributed by atoms with Gasteiger partial charge in [-0.1, -0.05) is 17.7 Å². The molecule has 0 saturated heterocycles. The maximum atomic E-state index is 6.25. The van der Waals surface area contributed by atoms with Crippen LogP contribution in [0.15, 0.2) is 11.1 Å². The van der Waals surface area contributed by atoms with Crippen molar-refractivity contribution in [2.24, 2.45) is 5.92 Å². The van der Waals surface area contributed by atoms with Gasteiger partial charge in [0.25, 0.3) is 0 Å². The lowest BCUT2D eigenvalue weighted by molar-refractivity contribution is 0.344. The fraction of sp³-hybridized carbons (Fsp3) is 0.750. The lowest BCUT2D eigenvalue weighted by Gasteiger charge is -2.39. The smallest absolute Gasteiger partial charge is 0.0798 e. The van der Waals surface area contributed by atoms with Crippen LogP contribution in [-0.2, 0) is 0 Å². The highest BCUT2D eigenvalue weighted by Crippen LogP contribution is 2.49. The number of alkyl halides is 1. The van der Waals surface area contributed by atoms with E-state index >= 15 is 0 Å². The van der Waals surface area contributed by atoms with Crippen LogP contribution < -0.4 is 0 Å².